The number of thiophene rings is 1. The minimum Gasteiger partial charge on any atom is -0.394 e. The van der Waals surface area contributed by atoms with Crippen LogP contribution in [-0.2, 0) is 4.74 Å². The molecule has 7 nitrogen and oxygen atoms in total. The molecule has 0 spiro atoms. The molecule has 2 aromatic rings. The van der Waals surface area contributed by atoms with Gasteiger partial charge in [0.25, 0.3) is 5.56 Å². The number of aromatic amines is 1. The topological polar surface area (TPSA) is 105 Å². The first-order valence-corrected chi connectivity index (χ1v) is 7.68. The zero-order valence-corrected chi connectivity index (χ0v) is 12.7. The van der Waals surface area contributed by atoms with Gasteiger partial charge in [0.05, 0.1) is 18.3 Å². The van der Waals surface area contributed by atoms with Crippen molar-refractivity contribution < 1.29 is 14.9 Å². The van der Waals surface area contributed by atoms with Crippen molar-refractivity contribution in [2.75, 3.05) is 6.61 Å². The SMILES string of the molecule is Cc1ccc(-c2cn([C@@H]3CC(O)[C@H](CO)O3)c(=O)[nH]c2=O)s1. The van der Waals surface area contributed by atoms with Gasteiger partial charge < -0.3 is 14.9 Å². The summed E-state index contributed by atoms with van der Waals surface area (Å²) in [7, 11) is 0. The van der Waals surface area contributed by atoms with Gasteiger partial charge in [-0.3, -0.25) is 14.3 Å². The number of rotatable bonds is 3. The van der Waals surface area contributed by atoms with Crippen LogP contribution in [0.2, 0.25) is 0 Å². The third-order valence-electron chi connectivity index (χ3n) is 3.67. The summed E-state index contributed by atoms with van der Waals surface area (Å²) in [4.78, 5) is 28.1. The number of aliphatic hydroxyl groups is 2. The van der Waals surface area contributed by atoms with Gasteiger partial charge in [0.1, 0.15) is 12.3 Å². The Labute approximate surface area is 129 Å². The van der Waals surface area contributed by atoms with E-state index in [0.29, 0.717) is 5.56 Å². The van der Waals surface area contributed by atoms with Crippen molar-refractivity contribution in [1.29, 1.82) is 0 Å². The number of nitrogens with zero attached hydrogens (tertiary/aromatic N) is 1. The van der Waals surface area contributed by atoms with Crippen molar-refractivity contribution in [2.45, 2.75) is 31.8 Å². The van der Waals surface area contributed by atoms with Gasteiger partial charge in [-0.05, 0) is 19.1 Å². The number of nitrogens with one attached hydrogen (secondary N) is 1. The summed E-state index contributed by atoms with van der Waals surface area (Å²) in [5.41, 5.74) is -0.679. The summed E-state index contributed by atoms with van der Waals surface area (Å²) >= 11 is 1.45. The van der Waals surface area contributed by atoms with Crippen LogP contribution in [0.3, 0.4) is 0 Å². The fourth-order valence-corrected chi connectivity index (χ4v) is 3.38. The first kappa shape index (κ1) is 15.2. The van der Waals surface area contributed by atoms with Crippen LogP contribution in [0.15, 0.2) is 27.9 Å². The van der Waals surface area contributed by atoms with Crippen molar-refractivity contribution in [2.24, 2.45) is 0 Å². The molecule has 2 aromatic heterocycles. The Balaban J connectivity index is 2.03. The predicted octanol–water partition coefficient (Wildman–Crippen LogP) is 0.214. The highest BCUT2D eigenvalue weighted by atomic mass is 32.1. The van der Waals surface area contributed by atoms with Gasteiger partial charge in [0.15, 0.2) is 0 Å². The Bertz CT molecular complexity index is 793. The monoisotopic (exact) mass is 324 g/mol. The Morgan fingerprint density at radius 3 is 2.82 bits per heavy atom. The predicted molar refractivity (Wildman–Crippen MR) is 81.0 cm³/mol. The van der Waals surface area contributed by atoms with Gasteiger partial charge in [0.2, 0.25) is 0 Å². The summed E-state index contributed by atoms with van der Waals surface area (Å²) < 4.78 is 6.72. The number of hydrogen-bond acceptors (Lipinski definition) is 6. The van der Waals surface area contributed by atoms with E-state index >= 15 is 0 Å². The molecule has 0 aliphatic carbocycles. The molecule has 3 N–H and O–H groups in total. The molecular weight excluding hydrogens is 308 g/mol. The van der Waals surface area contributed by atoms with E-state index in [-0.39, 0.29) is 13.0 Å². The molecule has 0 amide bonds. The van der Waals surface area contributed by atoms with Crippen LogP contribution in [0.4, 0.5) is 0 Å². The second-order valence-corrected chi connectivity index (χ2v) is 6.52. The summed E-state index contributed by atoms with van der Waals surface area (Å²) in [6.45, 7) is 1.60. The molecular formula is C14H16N2O5S. The lowest BCUT2D eigenvalue weighted by molar-refractivity contribution is -0.0458. The number of aromatic nitrogens is 2. The van der Waals surface area contributed by atoms with E-state index < -0.39 is 29.7 Å². The maximum atomic E-state index is 12.0. The standard InChI is InChI=1S/C14H16N2O5S/c1-7-2-3-11(22-7)8-5-16(14(20)15-13(8)19)12-4-9(18)10(6-17)21-12/h2-3,5,9-10,12,17-18H,4,6H2,1H3,(H,15,19,20)/t9?,10-,12-/m0/s1. The molecule has 3 rings (SSSR count). The first-order chi connectivity index (χ1) is 10.5. The third kappa shape index (κ3) is 2.66. The zero-order valence-electron chi connectivity index (χ0n) is 11.9. The average Bonchev–Trinajstić information content (AvgIpc) is 3.05. The van der Waals surface area contributed by atoms with Crippen molar-refractivity contribution in [3.05, 3.63) is 44.0 Å². The van der Waals surface area contributed by atoms with Gasteiger partial charge >= 0.3 is 5.69 Å². The maximum Gasteiger partial charge on any atom is 0.330 e. The second-order valence-electron chi connectivity index (χ2n) is 5.23. The molecule has 3 atom stereocenters. The number of H-pyrrole nitrogens is 1. The molecule has 22 heavy (non-hydrogen) atoms. The van der Waals surface area contributed by atoms with Gasteiger partial charge in [-0.25, -0.2) is 4.79 Å². The second kappa shape index (κ2) is 5.81. The van der Waals surface area contributed by atoms with Gasteiger partial charge in [-0.15, -0.1) is 11.3 Å². The Morgan fingerprint density at radius 1 is 1.45 bits per heavy atom. The van der Waals surface area contributed by atoms with E-state index in [9.17, 15) is 14.7 Å². The molecule has 0 radical (unpaired) electrons. The molecule has 1 aliphatic rings. The fraction of sp³-hybridized carbons (Fsp3) is 0.429. The number of aliphatic hydroxyl groups excluding tert-OH is 2. The van der Waals surface area contributed by atoms with Crippen LogP contribution in [0.25, 0.3) is 10.4 Å². The lowest BCUT2D eigenvalue weighted by atomic mass is 10.2. The molecule has 8 heteroatoms. The zero-order chi connectivity index (χ0) is 15.9. The van der Waals surface area contributed by atoms with E-state index in [1.807, 2.05) is 19.1 Å². The third-order valence-corrected chi connectivity index (χ3v) is 4.70. The van der Waals surface area contributed by atoms with Gasteiger partial charge in [0, 0.05) is 22.4 Å². The highest BCUT2D eigenvalue weighted by molar-refractivity contribution is 7.15. The summed E-state index contributed by atoms with van der Waals surface area (Å²) in [5, 5.41) is 18.9. The normalized spacial score (nSPS) is 24.8. The van der Waals surface area contributed by atoms with E-state index in [1.165, 1.54) is 22.1 Å². The smallest absolute Gasteiger partial charge is 0.330 e. The molecule has 1 unspecified atom stereocenters. The highest BCUT2D eigenvalue weighted by Crippen LogP contribution is 2.29. The van der Waals surface area contributed by atoms with E-state index in [2.05, 4.69) is 4.98 Å². The number of hydrogen-bond donors (Lipinski definition) is 3. The van der Waals surface area contributed by atoms with Gasteiger partial charge in [-0.1, -0.05) is 0 Å². The van der Waals surface area contributed by atoms with Crippen LogP contribution < -0.4 is 11.2 Å². The Morgan fingerprint density at radius 2 is 2.23 bits per heavy atom. The Hall–Kier alpha value is -1.74. The van der Waals surface area contributed by atoms with E-state index in [0.717, 1.165) is 9.75 Å². The summed E-state index contributed by atoms with van der Waals surface area (Å²) in [6, 6.07) is 3.72. The molecule has 0 aromatic carbocycles. The number of ether oxygens (including phenoxy) is 1. The van der Waals surface area contributed by atoms with E-state index in [1.54, 1.807) is 0 Å². The van der Waals surface area contributed by atoms with Crippen LogP contribution in [0, 0.1) is 6.92 Å². The lowest BCUT2D eigenvalue weighted by Gasteiger charge is -2.15. The highest BCUT2D eigenvalue weighted by Gasteiger charge is 2.35. The molecule has 0 saturated carbocycles. The van der Waals surface area contributed by atoms with Crippen LogP contribution >= 0.6 is 11.3 Å². The molecule has 1 saturated heterocycles. The molecule has 3 heterocycles. The largest absolute Gasteiger partial charge is 0.394 e. The van der Waals surface area contributed by atoms with Gasteiger partial charge in [-0.2, -0.15) is 0 Å². The lowest BCUT2D eigenvalue weighted by Crippen LogP contribution is -2.33. The number of aryl methyl sites for hydroxylation is 1. The average molecular weight is 324 g/mol. The van der Waals surface area contributed by atoms with Crippen LogP contribution in [-0.4, -0.2) is 38.6 Å². The van der Waals surface area contributed by atoms with Crippen molar-refractivity contribution >= 4 is 11.3 Å². The van der Waals surface area contributed by atoms with Crippen molar-refractivity contribution in [3.8, 4) is 10.4 Å². The summed E-state index contributed by atoms with van der Waals surface area (Å²) in [6.07, 6.45) is -0.655. The molecule has 0 bridgehead atoms. The maximum absolute atomic E-state index is 12.0. The quantitative estimate of drug-likeness (QED) is 0.749. The van der Waals surface area contributed by atoms with Crippen molar-refractivity contribution in [1.82, 2.24) is 9.55 Å². The minimum absolute atomic E-state index is 0.181. The first-order valence-electron chi connectivity index (χ1n) is 6.86. The van der Waals surface area contributed by atoms with Crippen LogP contribution in [0.1, 0.15) is 17.5 Å². The molecule has 1 aliphatic heterocycles. The van der Waals surface area contributed by atoms with Crippen molar-refractivity contribution in [3.63, 3.8) is 0 Å². The van der Waals surface area contributed by atoms with Crippen LogP contribution in [0.5, 0.6) is 0 Å². The fourth-order valence-electron chi connectivity index (χ4n) is 2.50. The van der Waals surface area contributed by atoms with E-state index in [4.69, 9.17) is 9.84 Å². The Kier molecular flexibility index (Phi) is 4.00. The minimum atomic E-state index is -0.846. The summed E-state index contributed by atoms with van der Waals surface area (Å²) in [5.74, 6) is 0. The molecule has 1 fully saturated rings. The molecule has 118 valence electrons.